The Morgan fingerprint density at radius 2 is 1.93 bits per heavy atom. The van der Waals surface area contributed by atoms with Gasteiger partial charge in [0.25, 0.3) is 5.91 Å². The molecule has 0 aliphatic heterocycles. The van der Waals surface area contributed by atoms with Crippen molar-refractivity contribution in [1.29, 1.82) is 0 Å². The van der Waals surface area contributed by atoms with Gasteiger partial charge in [-0.25, -0.2) is 4.98 Å². The van der Waals surface area contributed by atoms with Gasteiger partial charge in [-0.1, -0.05) is 40.6 Å². The van der Waals surface area contributed by atoms with Crippen molar-refractivity contribution >= 4 is 55.8 Å². The summed E-state index contributed by atoms with van der Waals surface area (Å²) in [6.07, 6.45) is 0.796. The highest BCUT2D eigenvalue weighted by Gasteiger charge is 2.25. The van der Waals surface area contributed by atoms with Crippen LogP contribution < -0.4 is 9.64 Å². The molecule has 0 saturated carbocycles. The van der Waals surface area contributed by atoms with Crippen LogP contribution in [0.25, 0.3) is 10.2 Å². The maximum absolute atomic E-state index is 13.5. The molecule has 0 fully saturated rings. The third-order valence-electron chi connectivity index (χ3n) is 4.54. The van der Waals surface area contributed by atoms with E-state index in [1.165, 1.54) is 18.4 Å². The zero-order valence-electron chi connectivity index (χ0n) is 16.8. The van der Waals surface area contributed by atoms with Crippen molar-refractivity contribution in [3.8, 4) is 5.75 Å². The van der Waals surface area contributed by atoms with Gasteiger partial charge in [0, 0.05) is 11.6 Å². The van der Waals surface area contributed by atoms with Crippen LogP contribution in [0.2, 0.25) is 10.0 Å². The average Bonchev–Trinajstić information content (AvgIpc) is 3.14. The maximum Gasteiger partial charge on any atom is 0.263 e. The molecule has 1 aromatic heterocycles. The van der Waals surface area contributed by atoms with Crippen LogP contribution in [0.4, 0.5) is 5.13 Å². The van der Waals surface area contributed by atoms with E-state index >= 15 is 0 Å². The van der Waals surface area contributed by atoms with E-state index in [2.05, 4.69) is 4.90 Å². The lowest BCUT2D eigenvalue weighted by molar-refractivity contribution is 0.0983. The summed E-state index contributed by atoms with van der Waals surface area (Å²) in [7, 11) is 5.55. The molecule has 154 valence electrons. The van der Waals surface area contributed by atoms with Crippen LogP contribution in [0, 0.1) is 6.92 Å². The van der Waals surface area contributed by atoms with E-state index in [-0.39, 0.29) is 5.91 Å². The quantitative estimate of drug-likeness (QED) is 0.474. The van der Waals surface area contributed by atoms with Crippen LogP contribution in [0.3, 0.4) is 0 Å². The van der Waals surface area contributed by atoms with Crippen LogP contribution in [0.5, 0.6) is 5.75 Å². The van der Waals surface area contributed by atoms with Crippen LogP contribution in [0.15, 0.2) is 30.3 Å². The molecule has 0 spiro atoms. The number of nitrogens with zero attached hydrogens (tertiary/aromatic N) is 3. The zero-order valence-corrected chi connectivity index (χ0v) is 19.2. The molecule has 0 bridgehead atoms. The molecule has 0 atom stereocenters. The molecule has 0 saturated heterocycles. The van der Waals surface area contributed by atoms with E-state index in [4.69, 9.17) is 32.9 Å². The average molecular weight is 452 g/mol. The third-order valence-corrected chi connectivity index (χ3v) is 6.31. The number of carbonyl (C=O) groups excluding carboxylic acids is 1. The second kappa shape index (κ2) is 9.30. The number of methoxy groups -OCH3 is 1. The highest BCUT2D eigenvalue weighted by Crippen LogP contribution is 2.37. The van der Waals surface area contributed by atoms with Crippen molar-refractivity contribution in [2.24, 2.45) is 0 Å². The first-order valence-corrected chi connectivity index (χ1v) is 10.7. The molecular formula is C21H23Cl2N3O2S. The van der Waals surface area contributed by atoms with Gasteiger partial charge in [0.2, 0.25) is 0 Å². The second-order valence-corrected chi connectivity index (χ2v) is 8.82. The minimum atomic E-state index is -0.198. The molecule has 8 heteroatoms. The highest BCUT2D eigenvalue weighted by molar-refractivity contribution is 7.23. The second-order valence-electron chi connectivity index (χ2n) is 7.00. The van der Waals surface area contributed by atoms with Crippen LogP contribution >= 0.6 is 34.5 Å². The first-order valence-electron chi connectivity index (χ1n) is 9.17. The van der Waals surface area contributed by atoms with E-state index < -0.39 is 0 Å². The molecular weight excluding hydrogens is 429 g/mol. The number of aryl methyl sites for hydroxylation is 1. The van der Waals surface area contributed by atoms with Gasteiger partial charge in [-0.2, -0.15) is 0 Å². The number of aromatic nitrogens is 1. The van der Waals surface area contributed by atoms with E-state index in [1.807, 2.05) is 33.2 Å². The maximum atomic E-state index is 13.5. The van der Waals surface area contributed by atoms with Crippen molar-refractivity contribution in [2.45, 2.75) is 13.3 Å². The molecule has 0 N–H and O–H groups in total. The molecule has 0 unspecified atom stereocenters. The molecule has 2 aromatic carbocycles. The van der Waals surface area contributed by atoms with Crippen LogP contribution in [-0.2, 0) is 0 Å². The standard InChI is InChI=1S/C21H23Cl2N3O2S/c1-13-6-8-16(23)19-18(13)24-21(29-19)26(11-5-10-25(2)3)20(27)15-12-14(22)7-9-17(15)28-4/h6-9,12H,5,10-11H2,1-4H3. The predicted octanol–water partition coefficient (Wildman–Crippen LogP) is 5.52. The Labute approximate surface area is 184 Å². The Kier molecular flexibility index (Phi) is 7.01. The fraction of sp³-hybridized carbons (Fsp3) is 0.333. The Balaban J connectivity index is 2.05. The van der Waals surface area contributed by atoms with E-state index in [0.717, 1.165) is 28.7 Å². The van der Waals surface area contributed by atoms with Gasteiger partial charge >= 0.3 is 0 Å². The number of hydrogen-bond donors (Lipinski definition) is 0. The molecule has 0 radical (unpaired) electrons. The van der Waals surface area contributed by atoms with Gasteiger partial charge in [-0.15, -0.1) is 0 Å². The van der Waals surface area contributed by atoms with Crippen molar-refractivity contribution in [2.75, 3.05) is 39.2 Å². The smallest absolute Gasteiger partial charge is 0.263 e. The zero-order chi connectivity index (χ0) is 21.1. The molecule has 0 aliphatic rings. The number of anilines is 1. The van der Waals surface area contributed by atoms with Crippen molar-refractivity contribution in [3.63, 3.8) is 0 Å². The Morgan fingerprint density at radius 1 is 1.17 bits per heavy atom. The topological polar surface area (TPSA) is 45.7 Å². The molecule has 5 nitrogen and oxygen atoms in total. The number of thiazole rings is 1. The van der Waals surface area contributed by atoms with Gasteiger partial charge in [0.05, 0.1) is 27.9 Å². The lowest BCUT2D eigenvalue weighted by Crippen LogP contribution is -2.33. The Bertz CT molecular complexity index is 997. The Morgan fingerprint density at radius 3 is 2.59 bits per heavy atom. The number of rotatable bonds is 7. The molecule has 0 aliphatic carbocycles. The molecule has 1 heterocycles. The van der Waals surface area contributed by atoms with Gasteiger partial charge in [-0.3, -0.25) is 9.69 Å². The number of benzene rings is 2. The van der Waals surface area contributed by atoms with E-state index in [0.29, 0.717) is 33.0 Å². The summed E-state index contributed by atoms with van der Waals surface area (Å²) in [6.45, 7) is 3.35. The monoisotopic (exact) mass is 451 g/mol. The molecule has 3 rings (SSSR count). The van der Waals surface area contributed by atoms with Crippen molar-refractivity contribution in [3.05, 3.63) is 51.5 Å². The lowest BCUT2D eigenvalue weighted by Gasteiger charge is -2.22. The first kappa shape index (κ1) is 21.8. The molecule has 1 amide bonds. The number of amides is 1. The van der Waals surface area contributed by atoms with E-state index in [9.17, 15) is 4.79 Å². The van der Waals surface area contributed by atoms with Crippen molar-refractivity contribution < 1.29 is 9.53 Å². The van der Waals surface area contributed by atoms with Crippen LogP contribution in [-0.4, -0.2) is 50.1 Å². The summed E-state index contributed by atoms with van der Waals surface area (Å²) < 4.78 is 6.27. The highest BCUT2D eigenvalue weighted by atomic mass is 35.5. The Hall–Kier alpha value is -1.86. The minimum absolute atomic E-state index is 0.198. The first-order chi connectivity index (χ1) is 13.8. The number of carbonyl (C=O) groups is 1. The predicted molar refractivity (Wildman–Crippen MR) is 122 cm³/mol. The summed E-state index contributed by atoms with van der Waals surface area (Å²) >= 11 is 14.0. The number of hydrogen-bond acceptors (Lipinski definition) is 5. The normalized spacial score (nSPS) is 11.3. The largest absolute Gasteiger partial charge is 0.496 e. The fourth-order valence-corrected chi connectivity index (χ4v) is 4.54. The summed E-state index contributed by atoms with van der Waals surface area (Å²) in [4.78, 5) is 22.0. The number of fused-ring (bicyclic) bond motifs is 1. The van der Waals surface area contributed by atoms with Gasteiger partial charge in [0.15, 0.2) is 5.13 Å². The van der Waals surface area contributed by atoms with Gasteiger partial charge in [-0.05, 0) is 63.8 Å². The third kappa shape index (κ3) is 4.83. The summed E-state index contributed by atoms with van der Waals surface area (Å²) in [6, 6.07) is 8.83. The van der Waals surface area contributed by atoms with Gasteiger partial charge < -0.3 is 9.64 Å². The SMILES string of the molecule is COc1ccc(Cl)cc1C(=O)N(CCCN(C)C)c1nc2c(C)ccc(Cl)c2s1. The number of halogens is 2. The van der Waals surface area contributed by atoms with Crippen molar-refractivity contribution in [1.82, 2.24) is 9.88 Å². The lowest BCUT2D eigenvalue weighted by atomic mass is 10.1. The van der Waals surface area contributed by atoms with E-state index in [1.54, 1.807) is 23.1 Å². The summed E-state index contributed by atoms with van der Waals surface area (Å²) in [5.41, 5.74) is 2.25. The van der Waals surface area contributed by atoms with Crippen LogP contribution in [0.1, 0.15) is 22.3 Å². The number of ether oxygens (including phenoxy) is 1. The summed E-state index contributed by atoms with van der Waals surface area (Å²) in [5, 5.41) is 1.72. The minimum Gasteiger partial charge on any atom is -0.496 e. The summed E-state index contributed by atoms with van der Waals surface area (Å²) in [5.74, 6) is 0.281. The van der Waals surface area contributed by atoms with Gasteiger partial charge in [0.1, 0.15) is 5.75 Å². The molecule has 29 heavy (non-hydrogen) atoms. The molecule has 3 aromatic rings. The fourth-order valence-electron chi connectivity index (χ4n) is 3.03.